The van der Waals surface area contributed by atoms with Gasteiger partial charge in [-0.05, 0) is 174 Å². The molecule has 0 saturated heterocycles. The highest BCUT2D eigenvalue weighted by Gasteiger charge is 2.18. The van der Waals surface area contributed by atoms with E-state index in [1.807, 2.05) is 0 Å². The lowest BCUT2D eigenvalue weighted by atomic mass is 10.2. The Kier molecular flexibility index (Phi) is 68.3. The lowest BCUT2D eigenvalue weighted by Gasteiger charge is -2.18. The van der Waals surface area contributed by atoms with E-state index in [1.165, 1.54) is 34.6 Å². The van der Waals surface area contributed by atoms with E-state index in [9.17, 15) is 67.1 Å². The maximum atomic E-state index is 12.6. The normalized spacial score (nSPS) is 10.6. The second-order valence-electron chi connectivity index (χ2n) is 26.7. The number of rotatable bonds is 70. The average Bonchev–Trinajstić information content (AvgIpc) is 0.980. The molecule has 0 unspecified atom stereocenters. The van der Waals surface area contributed by atoms with Crippen molar-refractivity contribution in [1.29, 1.82) is 0 Å². The summed E-state index contributed by atoms with van der Waals surface area (Å²) in [7, 11) is -1.88. The number of unbranched alkanes of at least 4 members (excludes halogenated alkanes) is 6. The van der Waals surface area contributed by atoms with E-state index in [-0.39, 0.29) is 153 Å². The van der Waals surface area contributed by atoms with Crippen molar-refractivity contribution in [1.82, 2.24) is 47.9 Å². The van der Waals surface area contributed by atoms with Crippen LogP contribution in [0, 0.1) is 0 Å². The summed E-state index contributed by atoms with van der Waals surface area (Å²) in [5, 5.41) is 23.7. The highest BCUT2D eigenvalue weighted by molar-refractivity contribution is 7.58. The Hall–Kier alpha value is -9.23. The molecule has 0 rings (SSSR count). The molecule has 0 radical (unpaired) electrons. The molecule has 672 valence electrons. The number of nitrogens with one attached hydrogen (secondary N) is 9. The van der Waals surface area contributed by atoms with E-state index < -0.39 is 108 Å². The summed E-state index contributed by atoms with van der Waals surface area (Å²) in [4.78, 5) is 169. The molecule has 0 atom stereocenters. The first-order chi connectivity index (χ1) is 56.6. The van der Waals surface area contributed by atoms with E-state index >= 15 is 0 Å². The van der Waals surface area contributed by atoms with Gasteiger partial charge in [-0.25, -0.2) is 67.1 Å². The Bertz CT molecular complexity index is 2770. The molecule has 0 aromatic carbocycles. The molecule has 37 nitrogen and oxygen atoms in total. The molecule has 9 amide bonds. The molecule has 118 heavy (non-hydrogen) atoms. The van der Waals surface area contributed by atoms with Gasteiger partial charge in [-0.1, -0.05) is 58.6 Å². The molecule has 0 heterocycles. The molecule has 0 spiro atoms. The molecule has 0 aliphatic carbocycles. The number of alkyl carbamates (subject to hydrolysis) is 9. The SMILES string of the molecule is C=C(C)C(=O)OCCNC(=O)OCCCP(CCCOC(=O)NCCCCCCNC(=O)OCCCP(CCCOC(=O)NCCOC(=O)C(=C)C)CCCOC(=O)NCCOC(=O)C(=C)C)CCCOC(=O)NCCCCCCNC(=O)OCCCP(CCCOC(=O)NCCOC(=O)C(=C)C)CCCOC(=O)NCCOC(=O)C(=C)C. The average molecular weight is 1740 g/mol. The molecule has 0 saturated carbocycles. The fourth-order valence-corrected chi connectivity index (χ4v) is 16.8. The molecule has 9 N–H and O–H groups in total. The van der Waals surface area contributed by atoms with Crippen molar-refractivity contribution in [2.24, 2.45) is 0 Å². The van der Waals surface area contributed by atoms with Gasteiger partial charge in [-0.3, -0.25) is 0 Å². The lowest BCUT2D eigenvalue weighted by molar-refractivity contribution is -0.139. The van der Waals surface area contributed by atoms with Crippen LogP contribution in [0.3, 0.4) is 0 Å². The van der Waals surface area contributed by atoms with Gasteiger partial charge in [0, 0.05) is 54.0 Å². The zero-order chi connectivity index (χ0) is 87.6. The first kappa shape index (κ1) is 109. The number of hydrogen-bond acceptors (Lipinski definition) is 28. The summed E-state index contributed by atoms with van der Waals surface area (Å²) in [5.74, 6) is -2.80. The topological polar surface area (TPSA) is 476 Å². The minimum absolute atomic E-state index is 0.0310. The zero-order valence-corrected chi connectivity index (χ0v) is 72.6. The third-order valence-corrected chi connectivity index (χ3v) is 24.3. The van der Waals surface area contributed by atoms with Crippen LogP contribution in [0.25, 0.3) is 0 Å². The van der Waals surface area contributed by atoms with Crippen molar-refractivity contribution in [2.45, 2.75) is 144 Å². The van der Waals surface area contributed by atoms with Gasteiger partial charge in [0.25, 0.3) is 0 Å². The molecular weight excluding hydrogens is 1600 g/mol. The molecule has 0 aliphatic rings. The van der Waals surface area contributed by atoms with Crippen LogP contribution in [-0.2, 0) is 90.3 Å². The number of carbonyl (C=O) groups excluding carboxylic acids is 14. The van der Waals surface area contributed by atoms with Gasteiger partial charge < -0.3 is 114 Å². The van der Waals surface area contributed by atoms with E-state index in [1.54, 1.807) is 0 Å². The minimum Gasteiger partial charge on any atom is -0.460 e. The first-order valence-electron chi connectivity index (χ1n) is 40.1. The third-order valence-electron chi connectivity index (χ3n) is 15.7. The Morgan fingerprint density at radius 1 is 0.178 bits per heavy atom. The Morgan fingerprint density at radius 2 is 0.305 bits per heavy atom. The third kappa shape index (κ3) is 69.8. The van der Waals surface area contributed by atoms with E-state index in [2.05, 4.69) is 80.7 Å². The monoisotopic (exact) mass is 1740 g/mol. The molecule has 0 bridgehead atoms. The fraction of sp³-hybridized carbons (Fsp3) is 0.692. The van der Waals surface area contributed by atoms with Gasteiger partial charge in [-0.15, -0.1) is 23.8 Å². The van der Waals surface area contributed by atoms with Crippen LogP contribution in [0.5, 0.6) is 0 Å². The molecule has 0 aromatic rings. The zero-order valence-electron chi connectivity index (χ0n) is 70.0. The van der Waals surface area contributed by atoms with Gasteiger partial charge >= 0.3 is 84.7 Å². The van der Waals surface area contributed by atoms with E-state index in [4.69, 9.17) is 66.3 Å². The number of carbonyl (C=O) groups is 14. The van der Waals surface area contributed by atoms with Gasteiger partial charge in [0.1, 0.15) is 33.0 Å². The summed E-state index contributed by atoms with van der Waals surface area (Å²) in [5.41, 5.74) is 1.22. The number of amides is 9. The van der Waals surface area contributed by atoms with Crippen LogP contribution in [0.2, 0.25) is 0 Å². The fourth-order valence-electron chi connectivity index (χ4n) is 9.61. The maximum absolute atomic E-state index is 12.6. The predicted octanol–water partition coefficient (Wildman–Crippen LogP) is 10.2. The Balaban J connectivity index is 4.83. The maximum Gasteiger partial charge on any atom is 0.407 e. The number of hydrogen-bond donors (Lipinski definition) is 9. The summed E-state index contributed by atoms with van der Waals surface area (Å²) in [6.45, 7) is 28.4. The molecule has 0 aromatic heterocycles. The molecule has 40 heteroatoms. The highest BCUT2D eigenvalue weighted by atomic mass is 31.1. The van der Waals surface area contributed by atoms with Crippen LogP contribution in [0.1, 0.15) is 144 Å². The second kappa shape index (κ2) is 74.1. The van der Waals surface area contributed by atoms with Crippen LogP contribution in [-0.4, -0.2) is 292 Å². The number of esters is 5. The van der Waals surface area contributed by atoms with E-state index in [0.29, 0.717) is 110 Å². The van der Waals surface area contributed by atoms with Gasteiger partial charge in [0.15, 0.2) is 0 Å². The number of ether oxygens (including phenoxy) is 14. The van der Waals surface area contributed by atoms with Gasteiger partial charge in [0.2, 0.25) is 0 Å². The lowest BCUT2D eigenvalue weighted by Crippen LogP contribution is -2.29. The van der Waals surface area contributed by atoms with Crippen molar-refractivity contribution < 1.29 is 133 Å². The van der Waals surface area contributed by atoms with Gasteiger partial charge in [0.05, 0.1) is 92.2 Å². The predicted molar refractivity (Wildman–Crippen MR) is 446 cm³/mol. The largest absolute Gasteiger partial charge is 0.460 e. The quantitative estimate of drug-likeness (QED) is 0.00898. The highest BCUT2D eigenvalue weighted by Crippen LogP contribution is 2.39. The van der Waals surface area contributed by atoms with Crippen molar-refractivity contribution in [3.05, 3.63) is 60.8 Å². The van der Waals surface area contributed by atoms with Crippen LogP contribution >= 0.6 is 23.8 Å². The van der Waals surface area contributed by atoms with Crippen molar-refractivity contribution >= 4 is 108 Å². The Labute approximate surface area is 698 Å². The molecule has 0 fully saturated rings. The summed E-state index contributed by atoms with van der Waals surface area (Å²) >= 11 is 0. The summed E-state index contributed by atoms with van der Waals surface area (Å²) < 4.78 is 73.0. The molecule has 0 aliphatic heterocycles. The molecular formula is C78H132N9O28P3. The minimum atomic E-state index is -0.649. The summed E-state index contributed by atoms with van der Waals surface area (Å²) in [6, 6.07) is 0. The first-order valence-corrected chi connectivity index (χ1v) is 45.7. The van der Waals surface area contributed by atoms with Crippen LogP contribution in [0.15, 0.2) is 60.8 Å². The van der Waals surface area contributed by atoms with Crippen molar-refractivity contribution in [3.8, 4) is 0 Å². The Morgan fingerprint density at radius 3 is 0.432 bits per heavy atom. The van der Waals surface area contributed by atoms with Crippen molar-refractivity contribution in [3.63, 3.8) is 0 Å². The standard InChI is InChI=1S/C78H132N9O28P3/c1-60(2)65(88)102-46-32-83-74(97)111-41-23-55-116(51-19-37-107-70(93)79-28-15-11-13-17-30-81-72(95)109-39-21-53-117(56-24-42-112-75(98)84-33-47-103-66(89)61(3)4)57-25-43-113-76(99)85-34-48-104-67(90)62(5)6)52-20-38-108-71(94)80-29-16-12-14-18-31-82-73(96)110-40-22-54-118(58-26-44-114-77(100)86-35-49-105-68(91)63(7)8)59-27-45-115-78(101)87-36-50-106-69(92)64(9)10/h1,3,5,7,9,11-59H2,2,4,6,8,10H3,(H,79,93)(H,80,94)(H,81,95)(H,82,96)(H,83,97)(H,84,98)(H,85,99)(H,86,100)(H,87,101). The van der Waals surface area contributed by atoms with Crippen LogP contribution < -0.4 is 47.9 Å². The van der Waals surface area contributed by atoms with Gasteiger partial charge in [-0.2, -0.15) is 0 Å². The second-order valence-corrected chi connectivity index (χ2v) is 34.7. The summed E-state index contributed by atoms with van der Waals surface area (Å²) in [6.07, 6.45) is 12.4. The van der Waals surface area contributed by atoms with Crippen molar-refractivity contribution in [2.75, 3.05) is 207 Å². The van der Waals surface area contributed by atoms with E-state index in [0.717, 1.165) is 81.1 Å². The van der Waals surface area contributed by atoms with Crippen LogP contribution in [0.4, 0.5) is 43.2 Å². The smallest absolute Gasteiger partial charge is 0.407 e.